The molecule has 0 unspecified atom stereocenters. The molecule has 3 heteroatoms. The lowest BCUT2D eigenvalue weighted by Gasteiger charge is -2.55. The van der Waals surface area contributed by atoms with Gasteiger partial charge in [-0.3, -0.25) is 4.99 Å². The smallest absolute Gasteiger partial charge is 0.124 e. The maximum Gasteiger partial charge on any atom is 0.124 e. The van der Waals surface area contributed by atoms with Crippen LogP contribution in [0.25, 0.3) is 0 Å². The minimum atomic E-state index is 0.194. The Morgan fingerprint density at radius 1 is 1.17 bits per heavy atom. The van der Waals surface area contributed by atoms with Crippen LogP contribution >= 0.6 is 15.9 Å². The van der Waals surface area contributed by atoms with Gasteiger partial charge in [-0.25, -0.2) is 0 Å². The molecule has 160 valence electrons. The second-order valence-electron chi connectivity index (χ2n) is 10.3. The zero-order valence-corrected chi connectivity index (χ0v) is 20.3. The standard InChI is InChI=1S/C27H34BrNO/c1-18(2)19-6-9-23-20(14-19)7-11-25-26(3,12-5-13-27(23,25)4)17-29-16-21-15-22(28)8-10-24(21)30/h6,8-10,14-16,18,25,30H,5,7,11-13,17H2,1-4H3/t25-,26-,27+/m0/s1. The largest absolute Gasteiger partial charge is 0.507 e. The van der Waals surface area contributed by atoms with Crippen LogP contribution in [-0.4, -0.2) is 17.9 Å². The number of aliphatic imine (C=N–C) groups is 1. The highest BCUT2D eigenvalue weighted by molar-refractivity contribution is 9.10. The molecule has 0 amide bonds. The summed E-state index contributed by atoms with van der Waals surface area (Å²) in [6.45, 7) is 10.3. The minimum absolute atomic E-state index is 0.194. The van der Waals surface area contributed by atoms with Gasteiger partial charge in [0.05, 0.1) is 0 Å². The molecule has 1 fully saturated rings. The number of rotatable bonds is 4. The molecular formula is C27H34BrNO. The fourth-order valence-electron chi connectivity index (χ4n) is 6.17. The van der Waals surface area contributed by atoms with Crippen molar-refractivity contribution in [1.82, 2.24) is 0 Å². The molecule has 3 atom stereocenters. The highest BCUT2D eigenvalue weighted by atomic mass is 79.9. The van der Waals surface area contributed by atoms with Crippen molar-refractivity contribution >= 4 is 22.1 Å². The summed E-state index contributed by atoms with van der Waals surface area (Å²) in [6, 6.07) is 12.8. The molecule has 0 aromatic heterocycles. The Morgan fingerprint density at radius 2 is 1.97 bits per heavy atom. The Bertz CT molecular complexity index is 965. The van der Waals surface area contributed by atoms with E-state index < -0.39 is 0 Å². The van der Waals surface area contributed by atoms with Gasteiger partial charge in [0.2, 0.25) is 0 Å². The number of phenols is 1. The van der Waals surface area contributed by atoms with Gasteiger partial charge in [-0.1, -0.05) is 68.2 Å². The fourth-order valence-corrected chi connectivity index (χ4v) is 6.55. The quantitative estimate of drug-likeness (QED) is 0.466. The van der Waals surface area contributed by atoms with E-state index in [1.54, 1.807) is 17.2 Å². The zero-order valence-electron chi connectivity index (χ0n) is 18.7. The zero-order chi connectivity index (χ0) is 21.5. The monoisotopic (exact) mass is 467 g/mol. The van der Waals surface area contributed by atoms with E-state index in [0.29, 0.717) is 11.8 Å². The molecule has 2 aromatic carbocycles. The van der Waals surface area contributed by atoms with Gasteiger partial charge in [0.25, 0.3) is 0 Å². The van der Waals surface area contributed by atoms with Crippen molar-refractivity contribution in [1.29, 1.82) is 0 Å². The van der Waals surface area contributed by atoms with Crippen molar-refractivity contribution in [2.24, 2.45) is 16.3 Å². The Kier molecular flexibility index (Phi) is 5.87. The van der Waals surface area contributed by atoms with E-state index in [1.165, 1.54) is 37.7 Å². The number of fused-ring (bicyclic) bond motifs is 3. The molecule has 2 aliphatic carbocycles. The van der Waals surface area contributed by atoms with Gasteiger partial charge in [0.15, 0.2) is 0 Å². The molecule has 2 aromatic rings. The van der Waals surface area contributed by atoms with E-state index in [1.807, 2.05) is 18.3 Å². The molecule has 0 saturated heterocycles. The summed E-state index contributed by atoms with van der Waals surface area (Å²) >= 11 is 3.48. The van der Waals surface area contributed by atoms with Crippen molar-refractivity contribution in [2.75, 3.05) is 6.54 Å². The predicted molar refractivity (Wildman–Crippen MR) is 130 cm³/mol. The van der Waals surface area contributed by atoms with Crippen LogP contribution < -0.4 is 0 Å². The first-order valence-electron chi connectivity index (χ1n) is 11.3. The van der Waals surface area contributed by atoms with E-state index >= 15 is 0 Å². The van der Waals surface area contributed by atoms with Crippen LogP contribution in [0.4, 0.5) is 0 Å². The highest BCUT2D eigenvalue weighted by Gasteiger charge is 2.51. The van der Waals surface area contributed by atoms with Crippen LogP contribution in [0.1, 0.15) is 81.5 Å². The number of halogens is 1. The van der Waals surface area contributed by atoms with Crippen LogP contribution in [0.2, 0.25) is 0 Å². The molecule has 30 heavy (non-hydrogen) atoms. The number of hydrogen-bond donors (Lipinski definition) is 1. The van der Waals surface area contributed by atoms with E-state index in [0.717, 1.165) is 16.6 Å². The van der Waals surface area contributed by atoms with Gasteiger partial charge >= 0.3 is 0 Å². The summed E-state index contributed by atoms with van der Waals surface area (Å²) in [5.74, 6) is 1.51. The average Bonchev–Trinajstić information content (AvgIpc) is 2.70. The molecule has 2 aliphatic rings. The summed E-state index contributed by atoms with van der Waals surface area (Å²) < 4.78 is 0.961. The van der Waals surface area contributed by atoms with E-state index in [2.05, 4.69) is 61.8 Å². The van der Waals surface area contributed by atoms with E-state index in [4.69, 9.17) is 4.99 Å². The molecule has 1 N–H and O–H groups in total. The first-order valence-corrected chi connectivity index (χ1v) is 12.1. The van der Waals surface area contributed by atoms with Crippen LogP contribution in [0.5, 0.6) is 5.75 Å². The summed E-state index contributed by atoms with van der Waals surface area (Å²) in [4.78, 5) is 4.85. The molecule has 1 saturated carbocycles. The number of nitrogens with zero attached hydrogens (tertiary/aromatic N) is 1. The van der Waals surface area contributed by atoms with Gasteiger partial charge in [-0.15, -0.1) is 0 Å². The maximum absolute atomic E-state index is 10.1. The first kappa shape index (κ1) is 21.6. The van der Waals surface area contributed by atoms with Crippen molar-refractivity contribution in [3.8, 4) is 5.75 Å². The first-order chi connectivity index (χ1) is 14.2. The lowest BCUT2D eigenvalue weighted by Crippen LogP contribution is -2.50. The van der Waals surface area contributed by atoms with E-state index in [-0.39, 0.29) is 16.6 Å². The summed E-state index contributed by atoms with van der Waals surface area (Å²) in [6.07, 6.45) is 8.04. The van der Waals surface area contributed by atoms with Crippen molar-refractivity contribution in [2.45, 2.75) is 71.1 Å². The van der Waals surface area contributed by atoms with Crippen molar-refractivity contribution < 1.29 is 5.11 Å². The fraction of sp³-hybridized carbons (Fsp3) is 0.519. The molecule has 2 nitrogen and oxygen atoms in total. The summed E-state index contributed by atoms with van der Waals surface area (Å²) in [5, 5.41) is 10.1. The molecular weight excluding hydrogens is 434 g/mol. The Hall–Kier alpha value is -1.61. The van der Waals surface area contributed by atoms with Crippen LogP contribution in [0, 0.1) is 11.3 Å². The van der Waals surface area contributed by atoms with Gasteiger partial charge in [0, 0.05) is 22.8 Å². The lowest BCUT2D eigenvalue weighted by molar-refractivity contribution is 0.0332. The van der Waals surface area contributed by atoms with Gasteiger partial charge < -0.3 is 5.11 Å². The number of hydrogen-bond acceptors (Lipinski definition) is 2. The number of phenolic OH excluding ortho intramolecular Hbond substituents is 1. The summed E-state index contributed by atoms with van der Waals surface area (Å²) in [5.41, 5.74) is 5.84. The van der Waals surface area contributed by atoms with Crippen LogP contribution in [0.15, 0.2) is 45.9 Å². The second-order valence-corrected chi connectivity index (χ2v) is 11.2. The third-order valence-electron chi connectivity index (χ3n) is 7.84. The van der Waals surface area contributed by atoms with Crippen molar-refractivity contribution in [3.63, 3.8) is 0 Å². The van der Waals surface area contributed by atoms with E-state index in [9.17, 15) is 5.11 Å². The van der Waals surface area contributed by atoms with Gasteiger partial charge in [0.1, 0.15) is 5.75 Å². The molecule has 4 rings (SSSR count). The average molecular weight is 468 g/mol. The third kappa shape index (κ3) is 3.86. The number of benzene rings is 2. The summed E-state index contributed by atoms with van der Waals surface area (Å²) in [7, 11) is 0. The minimum Gasteiger partial charge on any atom is -0.507 e. The lowest BCUT2D eigenvalue weighted by atomic mass is 9.50. The normalized spacial score (nSPS) is 28.5. The van der Waals surface area contributed by atoms with Crippen LogP contribution in [0.3, 0.4) is 0 Å². The SMILES string of the molecule is CC(C)c1ccc2c(c1)CC[C@H]1[C@](C)(CN=Cc3cc(Br)ccc3O)CCC[C@]21C. The molecule has 0 bridgehead atoms. The second kappa shape index (κ2) is 8.15. The molecule has 0 aliphatic heterocycles. The Labute approximate surface area is 190 Å². The Balaban J connectivity index is 1.60. The van der Waals surface area contributed by atoms with Crippen LogP contribution in [-0.2, 0) is 11.8 Å². The van der Waals surface area contributed by atoms with Crippen molar-refractivity contribution in [3.05, 3.63) is 63.1 Å². The molecule has 0 radical (unpaired) electrons. The number of aromatic hydroxyl groups is 1. The van der Waals surface area contributed by atoms with Gasteiger partial charge in [-0.05, 0) is 83.2 Å². The Morgan fingerprint density at radius 3 is 2.73 bits per heavy atom. The van der Waals surface area contributed by atoms with Gasteiger partial charge in [-0.2, -0.15) is 0 Å². The third-order valence-corrected chi connectivity index (χ3v) is 8.33. The maximum atomic E-state index is 10.1. The molecule has 0 heterocycles. The predicted octanol–water partition coefficient (Wildman–Crippen LogP) is 7.41. The molecule has 0 spiro atoms. The number of aryl methyl sites for hydroxylation is 1. The highest BCUT2D eigenvalue weighted by Crippen LogP contribution is 2.57. The topological polar surface area (TPSA) is 32.6 Å².